The first-order valence-electron chi connectivity index (χ1n) is 8.69. The van der Waals surface area contributed by atoms with Crippen LogP contribution in [0.1, 0.15) is 24.7 Å². The molecular formula is C20H15Br2ClN4O2. The van der Waals surface area contributed by atoms with Gasteiger partial charge in [-0.05, 0) is 58.2 Å². The maximum atomic E-state index is 13.0. The van der Waals surface area contributed by atoms with Gasteiger partial charge in [0, 0.05) is 10.9 Å². The number of fused-ring (bicyclic) bond motifs is 1. The highest BCUT2D eigenvalue weighted by Gasteiger charge is 2.12. The van der Waals surface area contributed by atoms with E-state index >= 15 is 0 Å². The highest BCUT2D eigenvalue weighted by Crippen LogP contribution is 2.34. The maximum absolute atomic E-state index is 13.0. The molecule has 0 aliphatic rings. The number of aromatic nitrogens is 2. The second-order valence-corrected chi connectivity index (χ2v) is 8.24. The van der Waals surface area contributed by atoms with Crippen molar-refractivity contribution < 1.29 is 4.74 Å². The summed E-state index contributed by atoms with van der Waals surface area (Å²) in [5.41, 5.74) is 1.06. The minimum atomic E-state index is -0.241. The number of hydrogen-bond acceptors (Lipinski definition) is 5. The highest BCUT2D eigenvalue weighted by atomic mass is 79.9. The number of halogens is 3. The average molecular weight is 539 g/mol. The van der Waals surface area contributed by atoms with Crippen LogP contribution in [-0.4, -0.2) is 22.5 Å². The molecule has 0 aliphatic carbocycles. The minimum absolute atomic E-state index is 0.111. The van der Waals surface area contributed by atoms with Crippen molar-refractivity contribution in [2.45, 2.75) is 19.8 Å². The summed E-state index contributed by atoms with van der Waals surface area (Å²) in [6.45, 7) is 1.91. The van der Waals surface area contributed by atoms with Gasteiger partial charge in [0.1, 0.15) is 11.9 Å². The molecule has 0 saturated heterocycles. The maximum Gasteiger partial charge on any atom is 0.282 e. The van der Waals surface area contributed by atoms with Crippen molar-refractivity contribution in [3.63, 3.8) is 0 Å². The predicted octanol–water partition coefficient (Wildman–Crippen LogP) is 5.31. The zero-order valence-electron chi connectivity index (χ0n) is 15.3. The van der Waals surface area contributed by atoms with E-state index in [-0.39, 0.29) is 12.2 Å². The van der Waals surface area contributed by atoms with Crippen LogP contribution in [0.2, 0.25) is 5.02 Å². The van der Waals surface area contributed by atoms with E-state index in [2.05, 4.69) is 41.9 Å². The van der Waals surface area contributed by atoms with Crippen molar-refractivity contribution in [3.8, 4) is 11.8 Å². The van der Waals surface area contributed by atoms with E-state index in [1.165, 1.54) is 10.9 Å². The molecule has 0 aliphatic heterocycles. The van der Waals surface area contributed by atoms with Crippen LogP contribution in [0.25, 0.3) is 10.9 Å². The molecular weight excluding hydrogens is 524 g/mol. The Bertz CT molecular complexity index is 1180. The standard InChI is InChI=1S/C20H15Br2ClN4O2/c1-2-3-18-26-17-5-4-13(21)10-14(17)20(28)27(18)25-11-12-8-15(22)19(16(23)9-12)29-7-6-24/h4-5,8-11H,2-3,7H2,1H3. The van der Waals surface area contributed by atoms with Gasteiger partial charge < -0.3 is 4.74 Å². The van der Waals surface area contributed by atoms with Crippen LogP contribution >= 0.6 is 43.5 Å². The van der Waals surface area contributed by atoms with E-state index in [4.69, 9.17) is 21.6 Å². The van der Waals surface area contributed by atoms with Crippen molar-refractivity contribution >= 4 is 60.6 Å². The topological polar surface area (TPSA) is 80.3 Å². The third-order valence-corrected chi connectivity index (χ3v) is 5.34. The molecule has 3 rings (SSSR count). The monoisotopic (exact) mass is 536 g/mol. The van der Waals surface area contributed by atoms with Crippen LogP contribution in [0.3, 0.4) is 0 Å². The van der Waals surface area contributed by atoms with Gasteiger partial charge in [-0.1, -0.05) is 34.5 Å². The molecule has 0 amide bonds. The van der Waals surface area contributed by atoms with Gasteiger partial charge in [0.2, 0.25) is 0 Å². The summed E-state index contributed by atoms with van der Waals surface area (Å²) in [4.78, 5) is 17.6. The minimum Gasteiger partial charge on any atom is -0.476 e. The number of nitrogens with zero attached hydrogens (tertiary/aromatic N) is 4. The third kappa shape index (κ3) is 4.86. The molecule has 0 unspecified atom stereocenters. The summed E-state index contributed by atoms with van der Waals surface area (Å²) >= 11 is 13.0. The zero-order valence-corrected chi connectivity index (χ0v) is 19.3. The van der Waals surface area contributed by atoms with E-state index in [1.807, 2.05) is 25.1 Å². The van der Waals surface area contributed by atoms with Gasteiger partial charge in [-0.2, -0.15) is 15.0 Å². The smallest absolute Gasteiger partial charge is 0.282 e. The van der Waals surface area contributed by atoms with Gasteiger partial charge in [0.15, 0.2) is 12.4 Å². The Labute approximate surface area is 189 Å². The summed E-state index contributed by atoms with van der Waals surface area (Å²) in [6.07, 6.45) is 2.98. The number of aryl methyl sites for hydroxylation is 1. The predicted molar refractivity (Wildman–Crippen MR) is 121 cm³/mol. The van der Waals surface area contributed by atoms with E-state index < -0.39 is 0 Å². The number of ether oxygens (including phenoxy) is 1. The van der Waals surface area contributed by atoms with E-state index in [9.17, 15) is 4.79 Å². The normalized spacial score (nSPS) is 11.1. The molecule has 29 heavy (non-hydrogen) atoms. The van der Waals surface area contributed by atoms with Crippen molar-refractivity contribution in [3.05, 3.63) is 66.0 Å². The Kier molecular flexibility index (Phi) is 7.06. The second kappa shape index (κ2) is 9.53. The summed E-state index contributed by atoms with van der Waals surface area (Å²) in [7, 11) is 0. The van der Waals surface area contributed by atoms with E-state index in [0.29, 0.717) is 44.0 Å². The molecule has 1 heterocycles. The Morgan fingerprint density at radius 1 is 1.34 bits per heavy atom. The summed E-state index contributed by atoms with van der Waals surface area (Å²) in [5, 5.41) is 13.9. The first-order valence-corrected chi connectivity index (χ1v) is 10.6. The summed E-state index contributed by atoms with van der Waals surface area (Å²) < 4.78 is 8.01. The first kappa shape index (κ1) is 21.5. The lowest BCUT2D eigenvalue weighted by Gasteiger charge is -2.10. The van der Waals surface area contributed by atoms with E-state index in [0.717, 1.165) is 10.9 Å². The van der Waals surface area contributed by atoms with Gasteiger partial charge in [0.25, 0.3) is 5.56 Å². The number of nitriles is 1. The molecule has 0 N–H and O–H groups in total. The fourth-order valence-electron chi connectivity index (χ4n) is 2.72. The SMILES string of the molecule is CCCc1nc2ccc(Br)cc2c(=O)n1N=Cc1cc(Cl)c(OCC#N)c(Br)c1. The fraction of sp³-hybridized carbons (Fsp3) is 0.200. The average Bonchev–Trinajstić information content (AvgIpc) is 2.68. The van der Waals surface area contributed by atoms with Crippen LogP contribution in [0.15, 0.2) is 49.2 Å². The van der Waals surface area contributed by atoms with Crippen LogP contribution in [0.4, 0.5) is 0 Å². The van der Waals surface area contributed by atoms with Crippen molar-refractivity contribution in [2.24, 2.45) is 5.10 Å². The Hall–Kier alpha value is -2.21. The molecule has 1 aromatic heterocycles. The fourth-order valence-corrected chi connectivity index (χ4v) is 4.07. The number of benzene rings is 2. The molecule has 0 bridgehead atoms. The quantitative estimate of drug-likeness (QED) is 0.399. The molecule has 0 fully saturated rings. The molecule has 2 aromatic carbocycles. The van der Waals surface area contributed by atoms with Crippen LogP contribution in [-0.2, 0) is 6.42 Å². The third-order valence-electron chi connectivity index (χ3n) is 3.97. The Morgan fingerprint density at radius 3 is 2.83 bits per heavy atom. The second-order valence-electron chi connectivity index (χ2n) is 6.06. The lowest BCUT2D eigenvalue weighted by atomic mass is 10.2. The Morgan fingerprint density at radius 2 is 2.14 bits per heavy atom. The van der Waals surface area contributed by atoms with Gasteiger partial charge in [-0.15, -0.1) is 0 Å². The van der Waals surface area contributed by atoms with E-state index in [1.54, 1.807) is 18.2 Å². The molecule has 148 valence electrons. The highest BCUT2D eigenvalue weighted by molar-refractivity contribution is 9.10. The lowest BCUT2D eigenvalue weighted by Crippen LogP contribution is -2.22. The summed E-state index contributed by atoms with van der Waals surface area (Å²) in [6, 6.07) is 10.7. The number of rotatable bonds is 6. The van der Waals surface area contributed by atoms with Crippen molar-refractivity contribution in [1.29, 1.82) is 5.26 Å². The molecule has 9 heteroatoms. The lowest BCUT2D eigenvalue weighted by molar-refractivity contribution is 0.366. The van der Waals surface area contributed by atoms with Crippen molar-refractivity contribution in [1.82, 2.24) is 9.66 Å². The van der Waals surface area contributed by atoms with Crippen molar-refractivity contribution in [2.75, 3.05) is 6.61 Å². The van der Waals surface area contributed by atoms with Crippen LogP contribution < -0.4 is 10.3 Å². The number of hydrogen-bond donors (Lipinski definition) is 0. The van der Waals surface area contributed by atoms with Gasteiger partial charge in [-0.25, -0.2) is 4.98 Å². The molecule has 6 nitrogen and oxygen atoms in total. The molecule has 0 radical (unpaired) electrons. The van der Waals surface area contributed by atoms with Gasteiger partial charge in [0.05, 0.1) is 26.6 Å². The largest absolute Gasteiger partial charge is 0.476 e. The summed E-state index contributed by atoms with van der Waals surface area (Å²) in [5.74, 6) is 0.967. The van der Waals surface area contributed by atoms with Gasteiger partial charge >= 0.3 is 0 Å². The molecule has 0 spiro atoms. The Balaban J connectivity index is 2.06. The first-order chi connectivity index (χ1) is 13.9. The molecule has 3 aromatic rings. The van der Waals surface area contributed by atoms with Crippen LogP contribution in [0.5, 0.6) is 5.75 Å². The molecule has 0 atom stereocenters. The van der Waals surface area contributed by atoms with Gasteiger partial charge in [-0.3, -0.25) is 4.79 Å². The van der Waals surface area contributed by atoms with Crippen LogP contribution in [0, 0.1) is 11.3 Å². The molecule has 0 saturated carbocycles. The zero-order chi connectivity index (χ0) is 21.0.